The van der Waals surface area contributed by atoms with E-state index < -0.39 is 24.2 Å². The average Bonchev–Trinajstić information content (AvgIpc) is 3.30. The molecule has 2 saturated heterocycles. The zero-order chi connectivity index (χ0) is 41.7. The number of methoxy groups -OCH3 is 1. The summed E-state index contributed by atoms with van der Waals surface area (Å²) >= 11 is 0. The van der Waals surface area contributed by atoms with Crippen LogP contribution in [0.25, 0.3) is 0 Å². The third-order valence-electron chi connectivity index (χ3n) is 16.3. The van der Waals surface area contributed by atoms with Gasteiger partial charge >= 0.3 is 0 Å². The van der Waals surface area contributed by atoms with Crippen molar-refractivity contribution in [1.29, 1.82) is 0 Å². The van der Waals surface area contributed by atoms with Crippen LogP contribution in [0.15, 0.2) is 12.2 Å². The van der Waals surface area contributed by atoms with Crippen LogP contribution >= 0.6 is 0 Å². The van der Waals surface area contributed by atoms with Gasteiger partial charge < -0.3 is 35.8 Å². The highest BCUT2D eigenvalue weighted by molar-refractivity contribution is 5.84. The van der Waals surface area contributed by atoms with Crippen LogP contribution in [0.2, 0.25) is 0 Å². The van der Waals surface area contributed by atoms with Crippen molar-refractivity contribution in [2.75, 3.05) is 26.8 Å². The molecule has 4 aliphatic carbocycles. The first-order chi connectivity index (χ1) is 28.6. The van der Waals surface area contributed by atoms with Crippen LogP contribution in [0.5, 0.6) is 0 Å². The van der Waals surface area contributed by atoms with E-state index in [9.17, 15) is 30.0 Å². The highest BCUT2D eigenvalue weighted by atomic mass is 16.5. The third-order valence-corrected chi connectivity index (χ3v) is 16.3. The molecule has 6 rings (SSSR count). The van der Waals surface area contributed by atoms with Crippen molar-refractivity contribution in [1.82, 2.24) is 0 Å². The van der Waals surface area contributed by atoms with Crippen molar-refractivity contribution >= 4 is 11.6 Å². The predicted octanol–water partition coefficient (Wildman–Crippen LogP) is 3.77. The number of carbonyl (C=O) groups excluding carboxylic acids is 2. The second-order valence-electron chi connectivity index (χ2n) is 20.3. The maximum absolute atomic E-state index is 13.9. The van der Waals surface area contributed by atoms with Gasteiger partial charge in [-0.2, -0.15) is 0 Å². The second kappa shape index (κ2) is 23.7. The smallest absolute Gasteiger partial charge is 0.150 e. The number of allylic oxidation sites excluding steroid dienone is 2. The molecule has 15 unspecified atom stereocenters. The largest absolute Gasteiger partial charge is 0.396 e. The number of hydrogen-bond acceptors (Lipinski definition) is 8. The molecule has 334 valence electrons. The Morgan fingerprint density at radius 2 is 1.68 bits per heavy atom. The van der Waals surface area contributed by atoms with Crippen LogP contribution in [0, 0.1) is 71.0 Å². The standard InChI is InChI=1S/C49H81N3O7/c1-59-48-27-37-17-21-46(57)42(45(56)11-5-9-33(10-6-24-53)39-25-38-15-19-41(55)29-44(38)52-31-39)20-16-34(43(37)30-47(48)58)14-18-40(54)26-35(36-22-23-51-49(50)28-36)13-12-32-7-3-2-4-8-32/h12-13,32-40,42-45,47-49,51-54,56,58H,2-11,14-15,17-19,21-31,50H2,1H3/p+2. The lowest BCUT2D eigenvalue weighted by Gasteiger charge is -2.41. The predicted molar refractivity (Wildman–Crippen MR) is 229 cm³/mol. The molecule has 0 aromatic heterocycles. The van der Waals surface area contributed by atoms with Crippen molar-refractivity contribution in [2.24, 2.45) is 64.9 Å². The summed E-state index contributed by atoms with van der Waals surface area (Å²) in [7, 11) is 1.65. The SMILES string of the molecule is COC1CC2CCC(=O)C(C(O)CCCC(CCCO)C3C[NH2+]C4CC(=O)CCC4C3)C#CC(CCC(O)CC(C=CC3CCCCC3)C3CC[NH2+]C(N)C3)C2CC1O. The zero-order valence-corrected chi connectivity index (χ0v) is 36.5. The lowest BCUT2D eigenvalue weighted by atomic mass is 9.67. The van der Waals surface area contributed by atoms with Crippen molar-refractivity contribution in [3.63, 3.8) is 0 Å². The van der Waals surface area contributed by atoms with E-state index in [4.69, 9.17) is 10.5 Å². The fourth-order valence-electron chi connectivity index (χ4n) is 12.7. The van der Waals surface area contributed by atoms with Gasteiger partial charge in [0.1, 0.15) is 23.7 Å². The molecule has 0 aromatic carbocycles. The van der Waals surface area contributed by atoms with Crippen LogP contribution in [0.1, 0.15) is 148 Å². The van der Waals surface area contributed by atoms with Gasteiger partial charge in [0.2, 0.25) is 0 Å². The van der Waals surface area contributed by atoms with Crippen molar-refractivity contribution in [3.05, 3.63) is 12.2 Å². The Balaban J connectivity index is 1.11. The van der Waals surface area contributed by atoms with Gasteiger partial charge in [-0.3, -0.25) is 15.3 Å². The number of fused-ring (bicyclic) bond motifs is 2. The number of Topliss-reactive ketones (excluding diaryl/α,β-unsaturated/α-hetero) is 2. The normalized spacial score (nSPS) is 36.9. The second-order valence-corrected chi connectivity index (χ2v) is 20.3. The third kappa shape index (κ3) is 13.7. The van der Waals surface area contributed by atoms with Gasteiger partial charge in [-0.05, 0) is 125 Å². The summed E-state index contributed by atoms with van der Waals surface area (Å²) in [6, 6.07) is 0.422. The molecule has 3 saturated carbocycles. The molecule has 2 aliphatic heterocycles. The molecule has 2 heterocycles. The fourth-order valence-corrected chi connectivity index (χ4v) is 12.7. The van der Waals surface area contributed by atoms with E-state index in [0.717, 1.165) is 64.5 Å². The Kier molecular flexibility index (Phi) is 18.8. The lowest BCUT2D eigenvalue weighted by Crippen LogP contribution is -2.95. The van der Waals surface area contributed by atoms with E-state index in [0.29, 0.717) is 106 Å². The molecule has 6 aliphatic rings. The van der Waals surface area contributed by atoms with Gasteiger partial charge in [0, 0.05) is 57.2 Å². The average molecular weight is 826 g/mol. The van der Waals surface area contributed by atoms with E-state index in [-0.39, 0.29) is 48.3 Å². The molecular formula is C49H83N3O7+2. The number of ketones is 2. The van der Waals surface area contributed by atoms with Crippen LogP contribution in [-0.4, -0.2) is 95.4 Å². The Morgan fingerprint density at radius 3 is 2.46 bits per heavy atom. The van der Waals surface area contributed by atoms with Crippen molar-refractivity contribution in [2.45, 2.75) is 184 Å². The maximum Gasteiger partial charge on any atom is 0.150 e. The number of nitrogens with two attached hydrogens (primary N) is 3. The quantitative estimate of drug-likeness (QED) is 0.0806. The van der Waals surface area contributed by atoms with Crippen LogP contribution in [-0.2, 0) is 14.3 Å². The number of ether oxygens (including phenoxy) is 1. The highest BCUT2D eigenvalue weighted by Crippen LogP contribution is 2.43. The minimum absolute atomic E-state index is 0.0108. The van der Waals surface area contributed by atoms with Crippen LogP contribution in [0.4, 0.5) is 0 Å². The molecule has 0 bridgehead atoms. The Hall–Kier alpha value is -1.68. The molecule has 0 radical (unpaired) electrons. The van der Waals surface area contributed by atoms with Crippen molar-refractivity contribution in [3.8, 4) is 11.8 Å². The molecule has 59 heavy (non-hydrogen) atoms. The minimum Gasteiger partial charge on any atom is -0.396 e. The lowest BCUT2D eigenvalue weighted by molar-refractivity contribution is -0.712. The number of aliphatic hydroxyl groups excluding tert-OH is 4. The van der Waals surface area contributed by atoms with Gasteiger partial charge in [-0.1, -0.05) is 49.7 Å². The van der Waals surface area contributed by atoms with E-state index >= 15 is 0 Å². The van der Waals surface area contributed by atoms with Gasteiger partial charge in [0.15, 0.2) is 0 Å². The molecule has 5 fully saturated rings. The van der Waals surface area contributed by atoms with Gasteiger partial charge in [-0.15, -0.1) is 0 Å². The van der Waals surface area contributed by atoms with Gasteiger partial charge in [0.25, 0.3) is 0 Å². The Labute approximate surface area is 356 Å². The molecule has 0 spiro atoms. The van der Waals surface area contributed by atoms with E-state index in [1.54, 1.807) is 7.11 Å². The molecule has 0 aromatic rings. The van der Waals surface area contributed by atoms with E-state index in [1.165, 1.54) is 32.1 Å². The summed E-state index contributed by atoms with van der Waals surface area (Å²) in [6.07, 6.45) is 23.2. The number of piperidine rings is 2. The van der Waals surface area contributed by atoms with Crippen LogP contribution in [0.3, 0.4) is 0 Å². The summed E-state index contributed by atoms with van der Waals surface area (Å²) in [5, 5.41) is 48.9. The van der Waals surface area contributed by atoms with Crippen molar-refractivity contribution < 1.29 is 45.4 Å². The molecule has 10 N–H and O–H groups in total. The van der Waals surface area contributed by atoms with Crippen LogP contribution < -0.4 is 16.4 Å². The van der Waals surface area contributed by atoms with Gasteiger partial charge in [0.05, 0.1) is 50.0 Å². The summed E-state index contributed by atoms with van der Waals surface area (Å²) in [6.45, 7) is 2.22. The first-order valence-corrected chi connectivity index (χ1v) is 24.5. The summed E-state index contributed by atoms with van der Waals surface area (Å²) in [4.78, 5) is 26.0. The number of rotatable bonds is 18. The molecular weight excluding hydrogens is 743 g/mol. The summed E-state index contributed by atoms with van der Waals surface area (Å²) in [5.41, 5.74) is 6.43. The van der Waals surface area contributed by atoms with E-state index in [2.05, 4.69) is 34.6 Å². The topological polar surface area (TPSA) is 184 Å². The summed E-state index contributed by atoms with van der Waals surface area (Å²) < 4.78 is 5.72. The number of carbonyl (C=O) groups is 2. The number of hydrogen-bond donors (Lipinski definition) is 7. The number of quaternary nitrogens is 2. The number of aliphatic hydroxyl groups is 4. The monoisotopic (exact) mass is 826 g/mol. The fraction of sp³-hybridized carbons (Fsp3) is 0.878. The molecule has 10 nitrogen and oxygen atoms in total. The van der Waals surface area contributed by atoms with Gasteiger partial charge in [-0.25, -0.2) is 0 Å². The Bertz CT molecular complexity index is 1390. The Morgan fingerprint density at radius 1 is 0.881 bits per heavy atom. The van der Waals surface area contributed by atoms with E-state index in [1.807, 2.05) is 0 Å². The minimum atomic E-state index is -0.848. The maximum atomic E-state index is 13.9. The first kappa shape index (κ1) is 46.8. The molecule has 15 atom stereocenters. The molecule has 0 amide bonds. The first-order valence-electron chi connectivity index (χ1n) is 24.5. The summed E-state index contributed by atoms with van der Waals surface area (Å²) in [5.74, 6) is 9.68. The zero-order valence-electron chi connectivity index (χ0n) is 36.5. The molecule has 10 heteroatoms. The highest BCUT2D eigenvalue weighted by Gasteiger charge is 2.43.